The molecule has 0 atom stereocenters. The molecule has 1 aliphatic carbocycles. The molecule has 2 N–H and O–H groups in total. The Labute approximate surface area is 104 Å². The molecule has 5 nitrogen and oxygen atoms in total. The normalized spacial score (nSPS) is 15.2. The molecule has 0 amide bonds. The number of carboxylic acids is 1. The first-order valence-corrected chi connectivity index (χ1v) is 6.69. The summed E-state index contributed by atoms with van der Waals surface area (Å²) in [6.45, 7) is 5.05. The van der Waals surface area contributed by atoms with E-state index >= 15 is 0 Å². The van der Waals surface area contributed by atoms with Crippen molar-refractivity contribution in [1.29, 1.82) is 0 Å². The Morgan fingerprint density at radius 3 is 3.00 bits per heavy atom. The van der Waals surface area contributed by atoms with Crippen LogP contribution in [-0.4, -0.2) is 46.6 Å². The number of aromatic carboxylic acids is 1. The smallest absolute Gasteiger partial charge is 0.347 e. The molecule has 1 saturated carbocycles. The van der Waals surface area contributed by atoms with Gasteiger partial charge in [-0.1, -0.05) is 18.3 Å². The molecule has 0 unspecified atom stereocenters. The molecule has 6 heteroatoms. The van der Waals surface area contributed by atoms with E-state index in [1.165, 1.54) is 30.4 Å². The Balaban J connectivity index is 1.75. The van der Waals surface area contributed by atoms with Gasteiger partial charge in [0.05, 0.1) is 6.20 Å². The number of likely N-dealkylation sites (N-methyl/N-ethyl adjacent to an activating group) is 1. The lowest BCUT2D eigenvalue weighted by Crippen LogP contribution is -2.30. The molecule has 0 spiro atoms. The largest absolute Gasteiger partial charge is 0.477 e. The molecule has 1 aromatic heterocycles. The van der Waals surface area contributed by atoms with Crippen LogP contribution in [0.2, 0.25) is 0 Å². The van der Waals surface area contributed by atoms with Gasteiger partial charge in [-0.2, -0.15) is 0 Å². The number of aromatic nitrogens is 1. The maximum Gasteiger partial charge on any atom is 0.347 e. The highest BCUT2D eigenvalue weighted by molar-refractivity contribution is 7.17. The predicted molar refractivity (Wildman–Crippen MR) is 67.8 cm³/mol. The minimum atomic E-state index is -0.913. The SMILES string of the molecule is CCN(CCNc1ncc(C(=O)O)s1)C1CC1. The van der Waals surface area contributed by atoms with E-state index in [-0.39, 0.29) is 4.88 Å². The second-order valence-corrected chi connectivity index (χ2v) is 5.15. The summed E-state index contributed by atoms with van der Waals surface area (Å²) in [5, 5.41) is 12.6. The van der Waals surface area contributed by atoms with Gasteiger partial charge in [-0.3, -0.25) is 4.90 Å². The molecule has 0 aliphatic heterocycles. The van der Waals surface area contributed by atoms with Gasteiger partial charge in [0, 0.05) is 19.1 Å². The van der Waals surface area contributed by atoms with Crippen molar-refractivity contribution in [3.63, 3.8) is 0 Å². The number of nitrogens with zero attached hydrogens (tertiary/aromatic N) is 2. The predicted octanol–water partition coefficient (Wildman–Crippen LogP) is 1.74. The Hall–Kier alpha value is -1.14. The van der Waals surface area contributed by atoms with E-state index in [0.29, 0.717) is 5.13 Å². The molecule has 1 aromatic rings. The fourth-order valence-electron chi connectivity index (χ4n) is 1.80. The Morgan fingerprint density at radius 2 is 2.47 bits per heavy atom. The van der Waals surface area contributed by atoms with E-state index < -0.39 is 5.97 Å². The summed E-state index contributed by atoms with van der Waals surface area (Å²) in [5.74, 6) is -0.913. The number of hydrogen-bond acceptors (Lipinski definition) is 5. The summed E-state index contributed by atoms with van der Waals surface area (Å²) in [6, 6.07) is 0.771. The number of rotatable bonds is 7. The molecule has 1 heterocycles. The fraction of sp³-hybridized carbons (Fsp3) is 0.636. The van der Waals surface area contributed by atoms with Gasteiger partial charge in [0.25, 0.3) is 0 Å². The lowest BCUT2D eigenvalue weighted by atomic mass is 10.4. The van der Waals surface area contributed by atoms with E-state index in [2.05, 4.69) is 22.1 Å². The lowest BCUT2D eigenvalue weighted by molar-refractivity contribution is 0.0702. The van der Waals surface area contributed by atoms with Crippen molar-refractivity contribution in [2.45, 2.75) is 25.8 Å². The van der Waals surface area contributed by atoms with Crippen LogP contribution < -0.4 is 5.32 Å². The Morgan fingerprint density at radius 1 is 1.71 bits per heavy atom. The van der Waals surface area contributed by atoms with Crippen molar-refractivity contribution in [1.82, 2.24) is 9.88 Å². The molecule has 17 heavy (non-hydrogen) atoms. The van der Waals surface area contributed by atoms with Crippen molar-refractivity contribution >= 4 is 22.4 Å². The summed E-state index contributed by atoms with van der Waals surface area (Å²) in [5.41, 5.74) is 0. The van der Waals surface area contributed by atoms with Crippen LogP contribution in [-0.2, 0) is 0 Å². The summed E-state index contributed by atoms with van der Waals surface area (Å²) >= 11 is 1.18. The van der Waals surface area contributed by atoms with Gasteiger partial charge >= 0.3 is 5.97 Å². The van der Waals surface area contributed by atoms with Gasteiger partial charge in [0.2, 0.25) is 0 Å². The minimum Gasteiger partial charge on any atom is -0.477 e. The highest BCUT2D eigenvalue weighted by Crippen LogP contribution is 2.26. The van der Waals surface area contributed by atoms with Gasteiger partial charge in [-0.05, 0) is 19.4 Å². The monoisotopic (exact) mass is 255 g/mol. The average Bonchev–Trinajstić information content (AvgIpc) is 3.03. The number of anilines is 1. The maximum atomic E-state index is 10.7. The standard InChI is InChI=1S/C11H17N3O2S/c1-2-14(8-3-4-8)6-5-12-11-13-7-9(17-11)10(15)16/h7-8H,2-6H2,1H3,(H,12,13)(H,15,16). The van der Waals surface area contributed by atoms with Crippen LogP contribution in [0.15, 0.2) is 6.20 Å². The molecule has 0 bridgehead atoms. The van der Waals surface area contributed by atoms with Crippen LogP contribution in [0.3, 0.4) is 0 Å². The zero-order chi connectivity index (χ0) is 12.3. The second-order valence-electron chi connectivity index (χ2n) is 4.12. The third kappa shape index (κ3) is 3.41. The number of carboxylic acid groups (broad SMARTS) is 1. The minimum absolute atomic E-state index is 0.280. The lowest BCUT2D eigenvalue weighted by Gasteiger charge is -2.19. The number of thiazole rings is 1. The van der Waals surface area contributed by atoms with E-state index in [9.17, 15) is 4.79 Å². The van der Waals surface area contributed by atoms with Crippen molar-refractivity contribution in [2.75, 3.05) is 25.0 Å². The maximum absolute atomic E-state index is 10.7. The summed E-state index contributed by atoms with van der Waals surface area (Å²) in [6.07, 6.45) is 4.02. The fourth-order valence-corrected chi connectivity index (χ4v) is 2.48. The number of carbonyl (C=O) groups is 1. The van der Waals surface area contributed by atoms with E-state index in [1.54, 1.807) is 0 Å². The van der Waals surface area contributed by atoms with Crippen LogP contribution in [0.5, 0.6) is 0 Å². The van der Waals surface area contributed by atoms with Crippen LogP contribution in [0.4, 0.5) is 5.13 Å². The van der Waals surface area contributed by atoms with Gasteiger partial charge in [0.1, 0.15) is 4.88 Å². The molecule has 94 valence electrons. The molecule has 0 saturated heterocycles. The van der Waals surface area contributed by atoms with Gasteiger partial charge in [-0.25, -0.2) is 9.78 Å². The number of nitrogens with one attached hydrogen (secondary N) is 1. The van der Waals surface area contributed by atoms with Gasteiger partial charge in [0.15, 0.2) is 5.13 Å². The third-order valence-electron chi connectivity index (χ3n) is 2.86. The second kappa shape index (κ2) is 5.46. The van der Waals surface area contributed by atoms with Crippen molar-refractivity contribution in [3.05, 3.63) is 11.1 Å². The first-order valence-electron chi connectivity index (χ1n) is 5.87. The van der Waals surface area contributed by atoms with Gasteiger partial charge < -0.3 is 10.4 Å². The molecule has 1 aliphatic rings. The average molecular weight is 255 g/mol. The quantitative estimate of drug-likeness (QED) is 0.777. The van der Waals surface area contributed by atoms with Crippen molar-refractivity contribution in [3.8, 4) is 0 Å². The molecule has 2 rings (SSSR count). The summed E-state index contributed by atoms with van der Waals surface area (Å²) in [4.78, 5) is 17.4. The van der Waals surface area contributed by atoms with Crippen LogP contribution in [0.25, 0.3) is 0 Å². The Bertz CT molecular complexity index is 390. The zero-order valence-corrected chi connectivity index (χ0v) is 10.7. The Kier molecular flexibility index (Phi) is 3.96. The van der Waals surface area contributed by atoms with Crippen molar-refractivity contribution in [2.24, 2.45) is 0 Å². The number of hydrogen-bond donors (Lipinski definition) is 2. The van der Waals surface area contributed by atoms with Gasteiger partial charge in [-0.15, -0.1) is 0 Å². The van der Waals surface area contributed by atoms with Crippen LogP contribution in [0, 0.1) is 0 Å². The summed E-state index contributed by atoms with van der Waals surface area (Å²) in [7, 11) is 0. The topological polar surface area (TPSA) is 65.5 Å². The van der Waals surface area contributed by atoms with Crippen LogP contribution >= 0.6 is 11.3 Å². The first-order chi connectivity index (χ1) is 8.20. The highest BCUT2D eigenvalue weighted by Gasteiger charge is 2.27. The molecular weight excluding hydrogens is 238 g/mol. The van der Waals surface area contributed by atoms with E-state index in [1.807, 2.05) is 0 Å². The third-order valence-corrected chi connectivity index (χ3v) is 3.80. The van der Waals surface area contributed by atoms with Crippen LogP contribution in [0.1, 0.15) is 29.4 Å². The zero-order valence-electron chi connectivity index (χ0n) is 9.85. The first kappa shape index (κ1) is 12.3. The molecular formula is C11H17N3O2S. The molecule has 0 aromatic carbocycles. The highest BCUT2D eigenvalue weighted by atomic mass is 32.1. The summed E-state index contributed by atoms with van der Waals surface area (Å²) < 4.78 is 0. The molecule has 0 radical (unpaired) electrons. The van der Waals surface area contributed by atoms with E-state index in [4.69, 9.17) is 5.11 Å². The van der Waals surface area contributed by atoms with Crippen molar-refractivity contribution < 1.29 is 9.90 Å². The van der Waals surface area contributed by atoms with E-state index in [0.717, 1.165) is 25.7 Å². The molecule has 1 fully saturated rings.